The number of primary amides is 1. The fraction of sp³-hybridized carbons (Fsp3) is 0.429. The van der Waals surface area contributed by atoms with Gasteiger partial charge in [-0.1, -0.05) is 28.1 Å². The van der Waals surface area contributed by atoms with Gasteiger partial charge in [0.2, 0.25) is 5.91 Å². The molecule has 1 aromatic rings. The molecule has 1 aliphatic rings. The molecule has 0 radical (unpaired) electrons. The van der Waals surface area contributed by atoms with Gasteiger partial charge in [-0.15, -0.1) is 0 Å². The smallest absolute Gasteiger partial charge is 0.318 e. The van der Waals surface area contributed by atoms with E-state index in [9.17, 15) is 9.59 Å². The Morgan fingerprint density at radius 3 is 2.76 bits per heavy atom. The number of hydrogen-bond acceptors (Lipinski definition) is 4. The molecule has 1 aliphatic heterocycles. The van der Waals surface area contributed by atoms with Crippen LogP contribution in [0.5, 0.6) is 0 Å². The van der Waals surface area contributed by atoms with Gasteiger partial charge in [-0.05, 0) is 17.7 Å². The van der Waals surface area contributed by atoms with Crippen LogP contribution in [0.15, 0.2) is 28.7 Å². The monoisotopic (exact) mass is 355 g/mol. The zero-order valence-electron chi connectivity index (χ0n) is 11.5. The fourth-order valence-corrected chi connectivity index (χ4v) is 2.51. The number of amides is 3. The van der Waals surface area contributed by atoms with E-state index in [0.717, 1.165) is 23.1 Å². The lowest BCUT2D eigenvalue weighted by molar-refractivity contribution is -0.120. The van der Waals surface area contributed by atoms with E-state index >= 15 is 0 Å². The van der Waals surface area contributed by atoms with Crippen molar-refractivity contribution in [2.45, 2.75) is 12.5 Å². The summed E-state index contributed by atoms with van der Waals surface area (Å²) in [5, 5.41) is 2.07. The van der Waals surface area contributed by atoms with Gasteiger partial charge >= 0.3 is 6.03 Å². The molecule has 0 bridgehead atoms. The predicted molar refractivity (Wildman–Crippen MR) is 81.6 cm³/mol. The molecular formula is C14H18BrN3O3. The number of carbonyl (C=O) groups excluding carboxylic acids is 2. The third kappa shape index (κ3) is 5.11. The van der Waals surface area contributed by atoms with E-state index in [4.69, 9.17) is 10.5 Å². The lowest BCUT2D eigenvalue weighted by Gasteiger charge is -2.33. The minimum Gasteiger partial charge on any atom is -0.371 e. The molecule has 0 aromatic heterocycles. The summed E-state index contributed by atoms with van der Waals surface area (Å²) in [5.41, 5.74) is 6.02. The molecule has 2 rings (SSSR count). The van der Waals surface area contributed by atoms with Crippen LogP contribution in [0.2, 0.25) is 0 Å². The zero-order chi connectivity index (χ0) is 15.2. The van der Waals surface area contributed by atoms with Crippen molar-refractivity contribution in [3.05, 3.63) is 34.3 Å². The van der Waals surface area contributed by atoms with E-state index in [0.29, 0.717) is 13.2 Å². The van der Waals surface area contributed by atoms with Crippen LogP contribution in [0.4, 0.5) is 4.79 Å². The number of urea groups is 1. The van der Waals surface area contributed by atoms with E-state index in [2.05, 4.69) is 26.1 Å². The molecule has 1 atom stereocenters. The SMILES string of the molecule is NC(=O)NC(=O)CCN1CCO[C@H](c2ccc(Br)cc2)C1. The molecule has 1 fully saturated rings. The summed E-state index contributed by atoms with van der Waals surface area (Å²) in [4.78, 5) is 24.1. The largest absolute Gasteiger partial charge is 0.371 e. The van der Waals surface area contributed by atoms with Crippen LogP contribution in [0.1, 0.15) is 18.1 Å². The van der Waals surface area contributed by atoms with Crippen LogP contribution in [-0.2, 0) is 9.53 Å². The molecule has 3 amide bonds. The van der Waals surface area contributed by atoms with Gasteiger partial charge in [-0.2, -0.15) is 0 Å². The van der Waals surface area contributed by atoms with Crippen LogP contribution >= 0.6 is 15.9 Å². The third-order valence-corrected chi connectivity index (χ3v) is 3.84. The average Bonchev–Trinajstić information content (AvgIpc) is 2.45. The van der Waals surface area contributed by atoms with Crippen molar-refractivity contribution < 1.29 is 14.3 Å². The molecule has 0 aliphatic carbocycles. The van der Waals surface area contributed by atoms with Crippen molar-refractivity contribution in [3.63, 3.8) is 0 Å². The second-order valence-electron chi connectivity index (χ2n) is 4.87. The highest BCUT2D eigenvalue weighted by Crippen LogP contribution is 2.23. The first kappa shape index (κ1) is 15.9. The minimum atomic E-state index is -0.810. The lowest BCUT2D eigenvalue weighted by atomic mass is 10.1. The number of carbonyl (C=O) groups is 2. The van der Waals surface area contributed by atoms with Gasteiger partial charge in [-0.3, -0.25) is 15.0 Å². The molecule has 1 aromatic carbocycles. The van der Waals surface area contributed by atoms with Gasteiger partial charge in [0, 0.05) is 30.5 Å². The quantitative estimate of drug-likeness (QED) is 0.854. The van der Waals surface area contributed by atoms with Crippen LogP contribution in [-0.4, -0.2) is 43.1 Å². The Balaban J connectivity index is 1.84. The summed E-state index contributed by atoms with van der Waals surface area (Å²) in [7, 11) is 0. The van der Waals surface area contributed by atoms with Crippen LogP contribution in [0.25, 0.3) is 0 Å². The van der Waals surface area contributed by atoms with Gasteiger partial charge in [0.25, 0.3) is 0 Å². The topological polar surface area (TPSA) is 84.7 Å². The average molecular weight is 356 g/mol. The Bertz CT molecular complexity index is 507. The number of rotatable bonds is 4. The number of ether oxygens (including phenoxy) is 1. The summed E-state index contributed by atoms with van der Waals surface area (Å²) in [5.74, 6) is -0.353. The molecule has 6 nitrogen and oxygen atoms in total. The number of nitrogens with zero attached hydrogens (tertiary/aromatic N) is 1. The first-order valence-electron chi connectivity index (χ1n) is 6.73. The maximum atomic E-state index is 11.4. The van der Waals surface area contributed by atoms with Crippen molar-refractivity contribution in [2.24, 2.45) is 5.73 Å². The number of halogens is 1. The van der Waals surface area contributed by atoms with E-state index in [1.807, 2.05) is 24.3 Å². The van der Waals surface area contributed by atoms with Crippen molar-refractivity contribution in [2.75, 3.05) is 26.2 Å². The molecule has 114 valence electrons. The number of benzene rings is 1. The maximum absolute atomic E-state index is 11.4. The molecule has 7 heteroatoms. The van der Waals surface area contributed by atoms with E-state index in [-0.39, 0.29) is 18.4 Å². The first-order chi connectivity index (χ1) is 10.0. The Morgan fingerprint density at radius 2 is 2.10 bits per heavy atom. The van der Waals surface area contributed by atoms with Crippen LogP contribution in [0, 0.1) is 0 Å². The van der Waals surface area contributed by atoms with Crippen molar-refractivity contribution in [1.29, 1.82) is 0 Å². The minimum absolute atomic E-state index is 0.00560. The standard InChI is InChI=1S/C14H18BrN3O3/c15-11-3-1-10(2-4-11)12-9-18(7-8-21-12)6-5-13(19)17-14(16)20/h1-4,12H,5-9H2,(H3,16,17,19,20)/t12-/m0/s1. The van der Waals surface area contributed by atoms with Gasteiger partial charge in [0.05, 0.1) is 12.7 Å². The summed E-state index contributed by atoms with van der Waals surface area (Å²) in [6.07, 6.45) is 0.252. The predicted octanol–water partition coefficient (Wildman–Crippen LogP) is 1.41. The normalized spacial score (nSPS) is 19.2. The van der Waals surface area contributed by atoms with Gasteiger partial charge in [-0.25, -0.2) is 4.79 Å². The molecule has 1 saturated heterocycles. The molecular weight excluding hydrogens is 338 g/mol. The number of morpholine rings is 1. The van der Waals surface area contributed by atoms with Crippen LogP contribution < -0.4 is 11.1 Å². The second-order valence-corrected chi connectivity index (χ2v) is 5.79. The molecule has 0 saturated carbocycles. The highest BCUT2D eigenvalue weighted by atomic mass is 79.9. The number of hydrogen-bond donors (Lipinski definition) is 2. The third-order valence-electron chi connectivity index (χ3n) is 3.31. The molecule has 21 heavy (non-hydrogen) atoms. The zero-order valence-corrected chi connectivity index (χ0v) is 13.1. The summed E-state index contributed by atoms with van der Waals surface area (Å²) in [6, 6.07) is 7.21. The number of nitrogens with two attached hydrogens (primary N) is 1. The van der Waals surface area contributed by atoms with Crippen LogP contribution in [0.3, 0.4) is 0 Å². The lowest BCUT2D eigenvalue weighted by Crippen LogP contribution is -2.41. The summed E-state index contributed by atoms with van der Waals surface area (Å²) >= 11 is 3.41. The first-order valence-corrected chi connectivity index (χ1v) is 7.52. The Kier molecular flexibility index (Phi) is 5.72. The highest BCUT2D eigenvalue weighted by molar-refractivity contribution is 9.10. The fourth-order valence-electron chi connectivity index (χ4n) is 2.24. The molecule has 3 N–H and O–H groups in total. The Hall–Kier alpha value is -1.44. The van der Waals surface area contributed by atoms with E-state index in [1.165, 1.54) is 0 Å². The number of imide groups is 1. The molecule has 1 heterocycles. The number of nitrogens with one attached hydrogen (secondary N) is 1. The Morgan fingerprint density at radius 1 is 1.38 bits per heavy atom. The Labute approximate surface area is 131 Å². The molecule has 0 spiro atoms. The van der Waals surface area contributed by atoms with Crippen molar-refractivity contribution >= 4 is 27.9 Å². The van der Waals surface area contributed by atoms with Gasteiger partial charge in [0.1, 0.15) is 0 Å². The van der Waals surface area contributed by atoms with Gasteiger partial charge in [0.15, 0.2) is 0 Å². The van der Waals surface area contributed by atoms with E-state index < -0.39 is 6.03 Å². The van der Waals surface area contributed by atoms with E-state index in [1.54, 1.807) is 0 Å². The highest BCUT2D eigenvalue weighted by Gasteiger charge is 2.22. The van der Waals surface area contributed by atoms with Crippen molar-refractivity contribution in [3.8, 4) is 0 Å². The summed E-state index contributed by atoms with van der Waals surface area (Å²) < 4.78 is 6.80. The summed E-state index contributed by atoms with van der Waals surface area (Å²) in [6.45, 7) is 2.70. The maximum Gasteiger partial charge on any atom is 0.318 e. The second kappa shape index (κ2) is 7.53. The molecule has 0 unspecified atom stereocenters. The van der Waals surface area contributed by atoms with Crippen molar-refractivity contribution in [1.82, 2.24) is 10.2 Å². The van der Waals surface area contributed by atoms with Gasteiger partial charge < -0.3 is 10.5 Å².